The first kappa shape index (κ1) is 15.1. The monoisotopic (exact) mass is 306 g/mol. The molecule has 2 N–H and O–H groups in total. The summed E-state index contributed by atoms with van der Waals surface area (Å²) in [6.45, 7) is 0.141. The molecule has 1 atom stereocenters. The van der Waals surface area contributed by atoms with Gasteiger partial charge in [0, 0.05) is 18.7 Å². The second kappa shape index (κ2) is 6.96. The molecule has 7 heteroatoms. The van der Waals surface area contributed by atoms with Crippen LogP contribution in [0.2, 0.25) is 0 Å². The number of amides is 1. The summed E-state index contributed by atoms with van der Waals surface area (Å²) >= 11 is 1.48. The standard InChI is InChI=1S/C14H14N2O4S/c17-13(11-5-6-21-9-11)8-15-14(18)7-10-1-3-12(4-2-10)16(19)20/h1-6,9,13,17H,7-8H2,(H,15,18)/t13-/m0/s1. The topological polar surface area (TPSA) is 92.5 Å². The number of hydrogen-bond donors (Lipinski definition) is 2. The average Bonchev–Trinajstić information content (AvgIpc) is 2.99. The zero-order chi connectivity index (χ0) is 15.2. The molecular formula is C14H14N2O4S. The lowest BCUT2D eigenvalue weighted by molar-refractivity contribution is -0.384. The molecule has 1 heterocycles. The fourth-order valence-electron chi connectivity index (χ4n) is 1.78. The number of thiophene rings is 1. The van der Waals surface area contributed by atoms with Crippen LogP contribution in [0.25, 0.3) is 0 Å². The fraction of sp³-hybridized carbons (Fsp3) is 0.214. The molecule has 0 saturated carbocycles. The molecule has 1 aromatic carbocycles. The predicted molar refractivity (Wildman–Crippen MR) is 79.1 cm³/mol. The lowest BCUT2D eigenvalue weighted by atomic mass is 10.1. The predicted octanol–water partition coefficient (Wildman–Crippen LogP) is 2.05. The van der Waals surface area contributed by atoms with Crippen LogP contribution in [0.5, 0.6) is 0 Å². The summed E-state index contributed by atoms with van der Waals surface area (Å²) in [7, 11) is 0. The van der Waals surface area contributed by atoms with E-state index in [1.165, 1.54) is 23.5 Å². The molecule has 110 valence electrons. The normalized spacial score (nSPS) is 11.9. The van der Waals surface area contributed by atoms with E-state index in [1.54, 1.807) is 18.2 Å². The number of aliphatic hydroxyl groups excluding tert-OH is 1. The van der Waals surface area contributed by atoms with Crippen molar-refractivity contribution in [3.63, 3.8) is 0 Å². The van der Waals surface area contributed by atoms with Gasteiger partial charge in [0.2, 0.25) is 5.91 Å². The minimum atomic E-state index is -0.725. The molecule has 0 aliphatic rings. The minimum absolute atomic E-state index is 0.00737. The molecule has 0 unspecified atom stereocenters. The number of benzene rings is 1. The van der Waals surface area contributed by atoms with E-state index in [2.05, 4.69) is 5.32 Å². The maximum atomic E-state index is 11.8. The Bertz CT molecular complexity index is 610. The van der Waals surface area contributed by atoms with E-state index in [4.69, 9.17) is 0 Å². The van der Waals surface area contributed by atoms with Gasteiger partial charge in [-0.1, -0.05) is 12.1 Å². The summed E-state index contributed by atoms with van der Waals surface area (Å²) in [4.78, 5) is 21.8. The Balaban J connectivity index is 1.83. The van der Waals surface area contributed by atoms with E-state index in [0.717, 1.165) is 5.56 Å². The van der Waals surface area contributed by atoms with Gasteiger partial charge in [0.25, 0.3) is 5.69 Å². The van der Waals surface area contributed by atoms with Crippen molar-refractivity contribution >= 4 is 22.9 Å². The first-order valence-corrected chi connectivity index (χ1v) is 7.20. The minimum Gasteiger partial charge on any atom is -0.387 e. The van der Waals surface area contributed by atoms with Crippen LogP contribution in [-0.4, -0.2) is 22.5 Å². The Morgan fingerprint density at radius 1 is 1.33 bits per heavy atom. The maximum Gasteiger partial charge on any atom is 0.269 e. The summed E-state index contributed by atoms with van der Waals surface area (Å²) in [5.74, 6) is -0.238. The summed E-state index contributed by atoms with van der Waals surface area (Å²) < 4.78 is 0. The molecular weight excluding hydrogens is 292 g/mol. The van der Waals surface area contributed by atoms with Gasteiger partial charge >= 0.3 is 0 Å². The van der Waals surface area contributed by atoms with E-state index in [9.17, 15) is 20.0 Å². The van der Waals surface area contributed by atoms with Crippen LogP contribution in [0.4, 0.5) is 5.69 Å². The van der Waals surface area contributed by atoms with Crippen molar-refractivity contribution in [2.24, 2.45) is 0 Å². The lowest BCUT2D eigenvalue weighted by Gasteiger charge is -2.10. The smallest absolute Gasteiger partial charge is 0.269 e. The van der Waals surface area contributed by atoms with E-state index in [1.807, 2.05) is 10.8 Å². The number of carbonyl (C=O) groups is 1. The van der Waals surface area contributed by atoms with E-state index < -0.39 is 11.0 Å². The highest BCUT2D eigenvalue weighted by Gasteiger charge is 2.11. The van der Waals surface area contributed by atoms with Crippen LogP contribution in [-0.2, 0) is 11.2 Å². The van der Waals surface area contributed by atoms with Crippen LogP contribution in [0, 0.1) is 10.1 Å². The zero-order valence-electron chi connectivity index (χ0n) is 11.1. The lowest BCUT2D eigenvalue weighted by Crippen LogP contribution is -2.29. The molecule has 6 nitrogen and oxygen atoms in total. The highest BCUT2D eigenvalue weighted by molar-refractivity contribution is 7.07. The van der Waals surface area contributed by atoms with Crippen molar-refractivity contribution in [2.45, 2.75) is 12.5 Å². The van der Waals surface area contributed by atoms with Crippen molar-refractivity contribution in [3.8, 4) is 0 Å². The van der Waals surface area contributed by atoms with Crippen molar-refractivity contribution in [3.05, 3.63) is 62.3 Å². The molecule has 0 bridgehead atoms. The van der Waals surface area contributed by atoms with Gasteiger partial charge in [-0.3, -0.25) is 14.9 Å². The third kappa shape index (κ3) is 4.37. The van der Waals surface area contributed by atoms with Crippen LogP contribution in [0.15, 0.2) is 41.1 Å². The van der Waals surface area contributed by atoms with E-state index in [0.29, 0.717) is 5.56 Å². The van der Waals surface area contributed by atoms with Gasteiger partial charge in [-0.25, -0.2) is 0 Å². The summed E-state index contributed by atoms with van der Waals surface area (Å²) in [5, 5.41) is 26.7. The molecule has 1 amide bonds. The van der Waals surface area contributed by atoms with E-state index >= 15 is 0 Å². The quantitative estimate of drug-likeness (QED) is 0.631. The van der Waals surface area contributed by atoms with Crippen molar-refractivity contribution in [1.29, 1.82) is 0 Å². The second-order valence-corrected chi connectivity index (χ2v) is 5.26. The number of rotatable bonds is 6. The molecule has 0 fully saturated rings. The third-order valence-corrected chi connectivity index (χ3v) is 3.63. The molecule has 2 rings (SSSR count). The second-order valence-electron chi connectivity index (χ2n) is 4.48. The van der Waals surface area contributed by atoms with Gasteiger partial charge < -0.3 is 10.4 Å². The number of aliphatic hydroxyl groups is 1. The first-order chi connectivity index (χ1) is 10.1. The Hall–Kier alpha value is -2.25. The van der Waals surface area contributed by atoms with Gasteiger partial charge in [-0.05, 0) is 28.0 Å². The number of nitrogens with one attached hydrogen (secondary N) is 1. The van der Waals surface area contributed by atoms with Crippen LogP contribution < -0.4 is 5.32 Å². The summed E-state index contributed by atoms with van der Waals surface area (Å²) in [5.41, 5.74) is 1.45. The van der Waals surface area contributed by atoms with Crippen molar-refractivity contribution in [1.82, 2.24) is 5.32 Å². The van der Waals surface area contributed by atoms with Gasteiger partial charge in [0.1, 0.15) is 0 Å². The Morgan fingerprint density at radius 3 is 2.62 bits per heavy atom. The highest BCUT2D eigenvalue weighted by atomic mass is 32.1. The fourth-order valence-corrected chi connectivity index (χ4v) is 2.48. The number of carbonyl (C=O) groups excluding carboxylic acids is 1. The van der Waals surface area contributed by atoms with E-state index in [-0.39, 0.29) is 24.6 Å². The molecule has 0 aliphatic carbocycles. The SMILES string of the molecule is O=C(Cc1ccc([N+](=O)[O-])cc1)NC[C@H](O)c1ccsc1. The van der Waals surface area contributed by atoms with Crippen LogP contribution in [0.3, 0.4) is 0 Å². The third-order valence-electron chi connectivity index (χ3n) is 2.93. The molecule has 0 saturated heterocycles. The van der Waals surface area contributed by atoms with Gasteiger partial charge in [0.15, 0.2) is 0 Å². The van der Waals surface area contributed by atoms with Crippen molar-refractivity contribution < 1.29 is 14.8 Å². The molecule has 0 aliphatic heterocycles. The molecule has 2 aromatic rings. The molecule has 1 aromatic heterocycles. The number of nitro groups is 1. The summed E-state index contributed by atoms with van der Waals surface area (Å²) in [6, 6.07) is 7.63. The Kier molecular flexibility index (Phi) is 5.02. The maximum absolute atomic E-state index is 11.8. The molecule has 0 radical (unpaired) electrons. The number of nitro benzene ring substituents is 1. The van der Waals surface area contributed by atoms with Crippen LogP contribution >= 0.6 is 11.3 Å². The van der Waals surface area contributed by atoms with Crippen LogP contribution in [0.1, 0.15) is 17.2 Å². The van der Waals surface area contributed by atoms with Gasteiger partial charge in [-0.2, -0.15) is 11.3 Å². The largest absolute Gasteiger partial charge is 0.387 e. The highest BCUT2D eigenvalue weighted by Crippen LogP contribution is 2.15. The zero-order valence-corrected chi connectivity index (χ0v) is 11.9. The number of hydrogen-bond acceptors (Lipinski definition) is 5. The summed E-state index contributed by atoms with van der Waals surface area (Å²) in [6.07, 6.45) is -0.606. The number of nitrogens with zero attached hydrogens (tertiary/aromatic N) is 1. The Morgan fingerprint density at radius 2 is 2.05 bits per heavy atom. The van der Waals surface area contributed by atoms with Crippen molar-refractivity contribution in [2.75, 3.05) is 6.54 Å². The first-order valence-electron chi connectivity index (χ1n) is 6.26. The van der Waals surface area contributed by atoms with Gasteiger partial charge in [-0.15, -0.1) is 0 Å². The molecule has 21 heavy (non-hydrogen) atoms. The van der Waals surface area contributed by atoms with Gasteiger partial charge in [0.05, 0.1) is 17.4 Å². The number of non-ortho nitro benzene ring substituents is 1. The Labute approximate surface area is 125 Å². The average molecular weight is 306 g/mol. The molecule has 0 spiro atoms.